The fourth-order valence-electron chi connectivity index (χ4n) is 2.51. The summed E-state index contributed by atoms with van der Waals surface area (Å²) in [6, 6.07) is 9.26. The average Bonchev–Trinajstić information content (AvgIpc) is 2.97. The van der Waals surface area contributed by atoms with Crippen LogP contribution in [0, 0.1) is 6.92 Å². The smallest absolute Gasteiger partial charge is 0.325 e. The maximum Gasteiger partial charge on any atom is 0.325 e. The third kappa shape index (κ3) is 3.63. The van der Waals surface area contributed by atoms with Gasteiger partial charge in [-0.3, -0.25) is 4.79 Å². The lowest BCUT2D eigenvalue weighted by molar-refractivity contribution is -0.138. The molecular weight excluding hydrogens is 320 g/mol. The number of pyridine rings is 1. The number of methoxy groups -OCH3 is 1. The van der Waals surface area contributed by atoms with Crippen LogP contribution in [-0.2, 0) is 9.53 Å². The number of ether oxygens (including phenoxy) is 1. The molecule has 2 aromatic heterocycles. The molecule has 0 aliphatic heterocycles. The molecule has 0 atom stereocenters. The molecule has 8 nitrogen and oxygen atoms in total. The van der Waals surface area contributed by atoms with Crippen LogP contribution in [0.5, 0.6) is 0 Å². The molecule has 8 heteroatoms. The molecule has 1 aromatic carbocycles. The van der Waals surface area contributed by atoms with Crippen LogP contribution in [0.25, 0.3) is 5.65 Å². The van der Waals surface area contributed by atoms with E-state index in [2.05, 4.69) is 15.4 Å². The summed E-state index contributed by atoms with van der Waals surface area (Å²) in [5, 5.41) is 7.58. The molecule has 25 heavy (non-hydrogen) atoms. The first-order valence-corrected chi connectivity index (χ1v) is 7.74. The number of hydrogen-bond donors (Lipinski definition) is 2. The van der Waals surface area contributed by atoms with E-state index < -0.39 is 0 Å². The van der Waals surface area contributed by atoms with Gasteiger partial charge in [0.15, 0.2) is 5.65 Å². The third-order valence-electron chi connectivity index (χ3n) is 3.82. The number of nitrogen functional groups attached to an aromatic ring is 1. The van der Waals surface area contributed by atoms with Gasteiger partial charge in [0.1, 0.15) is 6.54 Å². The maximum atomic E-state index is 11.5. The third-order valence-corrected chi connectivity index (χ3v) is 3.82. The largest absolute Gasteiger partial charge is 0.468 e. The summed E-state index contributed by atoms with van der Waals surface area (Å²) in [4.78, 5) is 17.8. The molecular formula is C17H20N6O2. The molecule has 0 spiro atoms. The number of aryl methyl sites for hydroxylation is 1. The second kappa shape index (κ2) is 6.68. The number of benzene rings is 1. The number of anilines is 4. The van der Waals surface area contributed by atoms with E-state index in [1.54, 1.807) is 4.52 Å². The number of carbonyl (C=O) groups is 1. The van der Waals surface area contributed by atoms with Crippen molar-refractivity contribution in [3.05, 3.63) is 42.1 Å². The Labute approximate surface area is 145 Å². The minimum absolute atomic E-state index is 0.161. The number of aromatic nitrogens is 3. The number of carbonyl (C=O) groups excluding carboxylic acids is 1. The van der Waals surface area contributed by atoms with Crippen LogP contribution in [0.1, 0.15) is 5.56 Å². The predicted octanol–water partition coefficient (Wildman–Crippen LogP) is 1.97. The molecule has 0 fully saturated rings. The minimum atomic E-state index is -0.300. The van der Waals surface area contributed by atoms with Crippen molar-refractivity contribution in [2.45, 2.75) is 6.92 Å². The Morgan fingerprint density at radius 2 is 2.08 bits per heavy atom. The highest BCUT2D eigenvalue weighted by atomic mass is 16.5. The number of esters is 1. The molecule has 0 unspecified atom stereocenters. The monoisotopic (exact) mass is 340 g/mol. The fraction of sp³-hybridized carbons (Fsp3) is 0.235. The highest BCUT2D eigenvalue weighted by Crippen LogP contribution is 2.22. The van der Waals surface area contributed by atoms with E-state index in [9.17, 15) is 4.79 Å². The van der Waals surface area contributed by atoms with Gasteiger partial charge in [-0.1, -0.05) is 0 Å². The maximum absolute atomic E-state index is 11.5. The van der Waals surface area contributed by atoms with Gasteiger partial charge in [-0.2, -0.15) is 4.98 Å². The van der Waals surface area contributed by atoms with Gasteiger partial charge in [-0.05, 0) is 42.8 Å². The lowest BCUT2D eigenvalue weighted by Crippen LogP contribution is -2.27. The zero-order valence-corrected chi connectivity index (χ0v) is 14.4. The van der Waals surface area contributed by atoms with Crippen LogP contribution in [-0.4, -0.2) is 41.3 Å². The van der Waals surface area contributed by atoms with E-state index in [0.29, 0.717) is 17.3 Å². The number of nitrogens with one attached hydrogen (secondary N) is 1. The lowest BCUT2D eigenvalue weighted by Gasteiger charge is -2.19. The summed E-state index contributed by atoms with van der Waals surface area (Å²) in [7, 11) is 3.20. The molecule has 0 aliphatic rings. The Hall–Kier alpha value is -3.29. The minimum Gasteiger partial charge on any atom is -0.468 e. The van der Waals surface area contributed by atoms with Gasteiger partial charge >= 0.3 is 5.97 Å². The van der Waals surface area contributed by atoms with Crippen molar-refractivity contribution in [2.24, 2.45) is 0 Å². The van der Waals surface area contributed by atoms with Crippen LogP contribution >= 0.6 is 0 Å². The molecule has 3 N–H and O–H groups in total. The normalized spacial score (nSPS) is 10.7. The Balaban J connectivity index is 1.87. The molecule has 3 rings (SSSR count). The van der Waals surface area contributed by atoms with Gasteiger partial charge in [0.05, 0.1) is 19.0 Å². The summed E-state index contributed by atoms with van der Waals surface area (Å²) >= 11 is 0. The lowest BCUT2D eigenvalue weighted by atomic mass is 10.2. The second-order valence-electron chi connectivity index (χ2n) is 5.76. The van der Waals surface area contributed by atoms with E-state index in [1.165, 1.54) is 7.11 Å². The molecule has 0 saturated heterocycles. The topological polar surface area (TPSA) is 97.8 Å². The predicted molar refractivity (Wildman–Crippen MR) is 97.1 cm³/mol. The van der Waals surface area contributed by atoms with E-state index >= 15 is 0 Å². The van der Waals surface area contributed by atoms with Crippen LogP contribution in [0.3, 0.4) is 0 Å². The molecule has 0 radical (unpaired) electrons. The van der Waals surface area contributed by atoms with Crippen LogP contribution < -0.4 is 16.0 Å². The Bertz CT molecular complexity index is 903. The Morgan fingerprint density at radius 3 is 2.76 bits per heavy atom. The molecule has 0 amide bonds. The first kappa shape index (κ1) is 16.6. The first-order valence-electron chi connectivity index (χ1n) is 7.74. The fourth-order valence-corrected chi connectivity index (χ4v) is 2.51. The van der Waals surface area contributed by atoms with E-state index in [1.807, 2.05) is 55.4 Å². The van der Waals surface area contributed by atoms with Crippen LogP contribution in [0.2, 0.25) is 0 Å². The van der Waals surface area contributed by atoms with E-state index in [-0.39, 0.29) is 12.5 Å². The Kier molecular flexibility index (Phi) is 4.42. The summed E-state index contributed by atoms with van der Waals surface area (Å²) in [5.41, 5.74) is 9.82. The van der Waals surface area contributed by atoms with Crippen molar-refractivity contribution in [3.8, 4) is 0 Å². The molecule has 130 valence electrons. The first-order chi connectivity index (χ1) is 12.0. The SMILES string of the molecule is COC(=O)CN(C)c1cn2nc(Nc3ccc(N)cc3)nc2cc1C. The van der Waals surface area contributed by atoms with Crippen molar-refractivity contribution in [3.63, 3.8) is 0 Å². The van der Waals surface area contributed by atoms with Crippen molar-refractivity contribution in [2.75, 3.05) is 36.7 Å². The highest BCUT2D eigenvalue weighted by molar-refractivity contribution is 5.76. The Morgan fingerprint density at radius 1 is 1.36 bits per heavy atom. The molecule has 2 heterocycles. The van der Waals surface area contributed by atoms with Gasteiger partial charge in [0.2, 0.25) is 5.95 Å². The van der Waals surface area contributed by atoms with Gasteiger partial charge in [0, 0.05) is 18.4 Å². The summed E-state index contributed by atoms with van der Waals surface area (Å²) in [6.07, 6.45) is 1.84. The van der Waals surface area contributed by atoms with Gasteiger partial charge in [-0.15, -0.1) is 5.10 Å². The number of rotatable bonds is 5. The molecule has 0 bridgehead atoms. The molecule has 0 saturated carbocycles. The number of likely N-dealkylation sites (N-methyl/N-ethyl adjacent to an activating group) is 1. The average molecular weight is 340 g/mol. The van der Waals surface area contributed by atoms with Gasteiger partial charge < -0.3 is 20.7 Å². The van der Waals surface area contributed by atoms with Crippen LogP contribution in [0.15, 0.2) is 36.5 Å². The van der Waals surface area contributed by atoms with Crippen molar-refractivity contribution < 1.29 is 9.53 Å². The zero-order valence-electron chi connectivity index (χ0n) is 14.4. The van der Waals surface area contributed by atoms with Crippen molar-refractivity contribution >= 4 is 34.6 Å². The second-order valence-corrected chi connectivity index (χ2v) is 5.76. The number of fused-ring (bicyclic) bond motifs is 1. The highest BCUT2D eigenvalue weighted by Gasteiger charge is 2.13. The van der Waals surface area contributed by atoms with Crippen molar-refractivity contribution in [1.82, 2.24) is 14.6 Å². The number of nitrogens with zero attached hydrogens (tertiary/aromatic N) is 4. The molecule has 3 aromatic rings. The quantitative estimate of drug-likeness (QED) is 0.541. The number of hydrogen-bond acceptors (Lipinski definition) is 7. The van der Waals surface area contributed by atoms with Gasteiger partial charge in [0.25, 0.3) is 0 Å². The molecule has 0 aliphatic carbocycles. The standard InChI is InChI=1S/C17H20N6O2/c1-11-8-15-20-17(19-13-6-4-12(18)5-7-13)21-23(15)9-14(11)22(2)10-16(24)25-3/h4-9H,10,18H2,1-3H3,(H,19,21). The summed E-state index contributed by atoms with van der Waals surface area (Å²) in [5.74, 6) is 0.184. The van der Waals surface area contributed by atoms with E-state index in [4.69, 9.17) is 10.5 Å². The number of nitrogens with two attached hydrogens (primary N) is 1. The van der Waals surface area contributed by atoms with Crippen molar-refractivity contribution in [1.29, 1.82) is 0 Å². The van der Waals surface area contributed by atoms with Crippen LogP contribution in [0.4, 0.5) is 23.0 Å². The zero-order chi connectivity index (χ0) is 18.0. The van der Waals surface area contributed by atoms with Gasteiger partial charge in [-0.25, -0.2) is 4.52 Å². The summed E-state index contributed by atoms with van der Waals surface area (Å²) in [6.45, 7) is 2.12. The van der Waals surface area contributed by atoms with E-state index in [0.717, 1.165) is 16.9 Å². The summed E-state index contributed by atoms with van der Waals surface area (Å²) < 4.78 is 6.39.